The third kappa shape index (κ3) is 5.87. The maximum atomic E-state index is 13.0. The first kappa shape index (κ1) is 21.0. The first-order chi connectivity index (χ1) is 15.2. The molecule has 2 aromatic carbocycles. The number of hydrogen-bond donors (Lipinski definition) is 1. The average molecular weight is 421 g/mol. The molecule has 0 unspecified atom stereocenters. The molecule has 4 rings (SSSR count). The van der Waals surface area contributed by atoms with E-state index < -0.39 is 0 Å². The lowest BCUT2D eigenvalue weighted by Crippen LogP contribution is -2.41. The lowest BCUT2D eigenvalue weighted by molar-refractivity contribution is 0.0383. The van der Waals surface area contributed by atoms with Crippen molar-refractivity contribution < 1.29 is 18.7 Å². The number of nitrogens with one attached hydrogen (secondary N) is 1. The van der Waals surface area contributed by atoms with E-state index in [0.717, 1.165) is 38.4 Å². The van der Waals surface area contributed by atoms with Crippen LogP contribution in [0, 0.1) is 5.82 Å². The number of aromatic nitrogens is 1. The van der Waals surface area contributed by atoms with E-state index >= 15 is 0 Å². The molecule has 0 bridgehead atoms. The summed E-state index contributed by atoms with van der Waals surface area (Å²) in [6, 6.07) is 18.6. The molecule has 1 saturated heterocycles. The summed E-state index contributed by atoms with van der Waals surface area (Å²) in [7, 11) is 0. The summed E-state index contributed by atoms with van der Waals surface area (Å²) >= 11 is 0. The van der Waals surface area contributed by atoms with Gasteiger partial charge in [0.25, 0.3) is 5.91 Å². The molecule has 3 aromatic rings. The molecule has 0 aliphatic carbocycles. The Morgan fingerprint density at radius 2 is 1.68 bits per heavy atom. The Balaban J connectivity index is 1.35. The number of halogens is 1. The number of carbonyl (C=O) groups excluding carboxylic acids is 1. The highest BCUT2D eigenvalue weighted by atomic mass is 19.1. The fraction of sp³-hybridized carbons (Fsp3) is 0.250. The second kappa shape index (κ2) is 10.1. The number of morpholine rings is 1. The topological polar surface area (TPSA) is 63.7 Å². The quantitative estimate of drug-likeness (QED) is 0.630. The molecule has 1 aromatic heterocycles. The molecule has 1 amide bonds. The second-order valence-corrected chi connectivity index (χ2v) is 7.20. The van der Waals surface area contributed by atoms with E-state index in [9.17, 15) is 9.18 Å². The molecule has 0 atom stereocenters. The van der Waals surface area contributed by atoms with Crippen LogP contribution < -0.4 is 10.1 Å². The summed E-state index contributed by atoms with van der Waals surface area (Å²) in [6.07, 6.45) is 0. The molecular weight excluding hydrogens is 397 g/mol. The third-order valence-corrected chi connectivity index (χ3v) is 5.00. The normalized spacial score (nSPS) is 14.2. The van der Waals surface area contributed by atoms with Crippen molar-refractivity contribution in [1.82, 2.24) is 15.2 Å². The molecule has 0 radical (unpaired) electrons. The van der Waals surface area contributed by atoms with Gasteiger partial charge in [0.05, 0.1) is 18.9 Å². The molecule has 160 valence electrons. The molecule has 1 N–H and O–H groups in total. The highest BCUT2D eigenvalue weighted by molar-refractivity contribution is 5.92. The van der Waals surface area contributed by atoms with E-state index in [0.29, 0.717) is 29.4 Å². The van der Waals surface area contributed by atoms with Crippen LogP contribution in [0.5, 0.6) is 11.5 Å². The van der Waals surface area contributed by atoms with Gasteiger partial charge >= 0.3 is 0 Å². The van der Waals surface area contributed by atoms with E-state index in [-0.39, 0.29) is 11.7 Å². The van der Waals surface area contributed by atoms with Crippen LogP contribution in [0.2, 0.25) is 0 Å². The average Bonchev–Trinajstić information content (AvgIpc) is 2.82. The number of carbonyl (C=O) groups is 1. The predicted molar refractivity (Wildman–Crippen MR) is 116 cm³/mol. The maximum absolute atomic E-state index is 13.0. The van der Waals surface area contributed by atoms with Crippen LogP contribution in [0.1, 0.15) is 10.5 Å². The van der Waals surface area contributed by atoms with Crippen LogP contribution >= 0.6 is 0 Å². The van der Waals surface area contributed by atoms with Gasteiger partial charge in [-0.25, -0.2) is 9.37 Å². The van der Waals surface area contributed by atoms with Gasteiger partial charge in [0.1, 0.15) is 23.0 Å². The monoisotopic (exact) mass is 421 g/mol. The van der Waals surface area contributed by atoms with E-state index in [1.165, 1.54) is 12.1 Å². The highest BCUT2D eigenvalue weighted by Gasteiger charge is 2.12. The number of amides is 1. The molecule has 0 saturated carbocycles. The summed E-state index contributed by atoms with van der Waals surface area (Å²) in [6.45, 7) is 4.63. The van der Waals surface area contributed by atoms with Crippen LogP contribution in [-0.2, 0) is 4.74 Å². The Hall–Kier alpha value is -3.29. The predicted octanol–water partition coefficient (Wildman–Crippen LogP) is 3.74. The van der Waals surface area contributed by atoms with Crippen molar-refractivity contribution in [2.24, 2.45) is 0 Å². The van der Waals surface area contributed by atoms with Crippen molar-refractivity contribution in [1.29, 1.82) is 0 Å². The van der Waals surface area contributed by atoms with Gasteiger partial charge in [-0.1, -0.05) is 6.07 Å². The molecule has 1 aliphatic heterocycles. The zero-order chi connectivity index (χ0) is 21.5. The smallest absolute Gasteiger partial charge is 0.269 e. The van der Waals surface area contributed by atoms with E-state index in [2.05, 4.69) is 15.2 Å². The molecule has 2 heterocycles. The van der Waals surface area contributed by atoms with Gasteiger partial charge in [0, 0.05) is 31.7 Å². The first-order valence-electron chi connectivity index (χ1n) is 10.3. The number of nitrogens with zero attached hydrogens (tertiary/aromatic N) is 2. The minimum atomic E-state index is -0.307. The minimum Gasteiger partial charge on any atom is -0.457 e. The second-order valence-electron chi connectivity index (χ2n) is 7.20. The van der Waals surface area contributed by atoms with E-state index in [4.69, 9.17) is 9.47 Å². The van der Waals surface area contributed by atoms with Gasteiger partial charge in [-0.3, -0.25) is 9.69 Å². The summed E-state index contributed by atoms with van der Waals surface area (Å²) in [5.74, 6) is 0.695. The number of ether oxygens (including phenoxy) is 2. The number of hydrogen-bond acceptors (Lipinski definition) is 5. The Bertz CT molecular complexity index is 1000. The van der Waals surface area contributed by atoms with Crippen molar-refractivity contribution >= 4 is 5.91 Å². The summed E-state index contributed by atoms with van der Waals surface area (Å²) in [4.78, 5) is 19.3. The van der Waals surface area contributed by atoms with Crippen LogP contribution in [0.4, 0.5) is 4.39 Å². The number of rotatable bonds is 7. The Kier molecular flexibility index (Phi) is 6.86. The van der Waals surface area contributed by atoms with Crippen molar-refractivity contribution in [2.45, 2.75) is 0 Å². The summed E-state index contributed by atoms with van der Waals surface area (Å²) in [5.41, 5.74) is 1.95. The Labute approximate surface area is 180 Å². The Morgan fingerprint density at radius 1 is 1.00 bits per heavy atom. The summed E-state index contributed by atoms with van der Waals surface area (Å²) in [5, 5.41) is 2.93. The van der Waals surface area contributed by atoms with Gasteiger partial charge < -0.3 is 14.8 Å². The van der Waals surface area contributed by atoms with Gasteiger partial charge in [-0.15, -0.1) is 0 Å². The van der Waals surface area contributed by atoms with Crippen molar-refractivity contribution in [3.05, 3.63) is 78.2 Å². The van der Waals surface area contributed by atoms with E-state index in [1.807, 2.05) is 36.4 Å². The van der Waals surface area contributed by atoms with Crippen molar-refractivity contribution in [3.63, 3.8) is 0 Å². The van der Waals surface area contributed by atoms with E-state index in [1.54, 1.807) is 18.2 Å². The number of benzene rings is 2. The van der Waals surface area contributed by atoms with Crippen LogP contribution in [0.15, 0.2) is 66.7 Å². The van der Waals surface area contributed by atoms with Gasteiger partial charge in [0.2, 0.25) is 0 Å². The van der Waals surface area contributed by atoms with Crippen molar-refractivity contribution in [3.8, 4) is 22.8 Å². The van der Waals surface area contributed by atoms with Gasteiger partial charge in [-0.2, -0.15) is 0 Å². The standard InChI is InChI=1S/C24H24FN3O3/c25-19-6-10-21(11-7-19)31-20-8-4-18(5-9-20)22-2-1-3-23(27-22)24(29)26-12-13-28-14-16-30-17-15-28/h1-11H,12-17H2,(H,26,29). The third-order valence-electron chi connectivity index (χ3n) is 5.00. The maximum Gasteiger partial charge on any atom is 0.269 e. The van der Waals surface area contributed by atoms with Crippen LogP contribution in [0.25, 0.3) is 11.3 Å². The molecule has 7 heteroatoms. The Morgan fingerprint density at radius 3 is 2.39 bits per heavy atom. The largest absolute Gasteiger partial charge is 0.457 e. The van der Waals surface area contributed by atoms with Crippen molar-refractivity contribution in [2.75, 3.05) is 39.4 Å². The first-order valence-corrected chi connectivity index (χ1v) is 10.3. The highest BCUT2D eigenvalue weighted by Crippen LogP contribution is 2.25. The fourth-order valence-corrected chi connectivity index (χ4v) is 3.30. The molecule has 6 nitrogen and oxygen atoms in total. The van der Waals surface area contributed by atoms with Gasteiger partial charge in [-0.05, 0) is 60.7 Å². The molecule has 0 spiro atoms. The number of pyridine rings is 1. The zero-order valence-electron chi connectivity index (χ0n) is 17.1. The zero-order valence-corrected chi connectivity index (χ0v) is 17.1. The molecule has 31 heavy (non-hydrogen) atoms. The minimum absolute atomic E-state index is 0.189. The molecule has 1 aliphatic rings. The van der Waals surface area contributed by atoms with Crippen LogP contribution in [0.3, 0.4) is 0 Å². The SMILES string of the molecule is O=C(NCCN1CCOCC1)c1cccc(-c2ccc(Oc3ccc(F)cc3)cc2)n1. The van der Waals surface area contributed by atoms with Gasteiger partial charge in [0.15, 0.2) is 0 Å². The summed E-state index contributed by atoms with van der Waals surface area (Å²) < 4.78 is 24.1. The molecule has 1 fully saturated rings. The fourth-order valence-electron chi connectivity index (χ4n) is 3.30. The lowest BCUT2D eigenvalue weighted by atomic mass is 10.1. The lowest BCUT2D eigenvalue weighted by Gasteiger charge is -2.26. The van der Waals surface area contributed by atoms with Crippen LogP contribution in [-0.4, -0.2) is 55.2 Å². The molecular formula is C24H24FN3O3.